The zero-order valence-corrected chi connectivity index (χ0v) is 55.1. The number of aliphatic hydroxyl groups is 1. The first-order valence-corrected chi connectivity index (χ1v) is 36.6. The number of hydrogen-bond acceptors (Lipinski definition) is 15. The Bertz CT molecular complexity index is 1620. The molecule has 3 N–H and O–H groups in total. The molecule has 0 rings (SSSR count). The lowest BCUT2D eigenvalue weighted by Gasteiger charge is -2.21. The number of unbranched alkanes of at least 4 members (excludes halogenated alkanes) is 36. The number of phosphoric ester groups is 2. The van der Waals surface area contributed by atoms with E-state index in [-0.39, 0.29) is 25.7 Å². The molecule has 5 atom stereocenters. The van der Waals surface area contributed by atoms with Crippen LogP contribution in [0.4, 0.5) is 0 Å². The van der Waals surface area contributed by atoms with E-state index in [9.17, 15) is 43.2 Å². The molecule has 492 valence electrons. The third-order valence-electron chi connectivity index (χ3n) is 14.8. The summed E-state index contributed by atoms with van der Waals surface area (Å²) < 4.78 is 67.8. The molecule has 0 aliphatic heterocycles. The van der Waals surface area contributed by atoms with E-state index >= 15 is 0 Å². The number of hydrogen-bond donors (Lipinski definition) is 3. The van der Waals surface area contributed by atoms with E-state index in [1.165, 1.54) is 141 Å². The summed E-state index contributed by atoms with van der Waals surface area (Å²) in [6, 6.07) is 0. The molecular formula is C64H124O17P2. The van der Waals surface area contributed by atoms with Gasteiger partial charge in [-0.2, -0.15) is 0 Å². The van der Waals surface area contributed by atoms with Gasteiger partial charge in [0.1, 0.15) is 19.3 Å². The van der Waals surface area contributed by atoms with Crippen LogP contribution in [0.3, 0.4) is 0 Å². The summed E-state index contributed by atoms with van der Waals surface area (Å²) in [5, 5.41) is 10.5. The molecule has 0 aliphatic carbocycles. The maximum absolute atomic E-state index is 13.0. The average molecular weight is 1230 g/mol. The minimum Gasteiger partial charge on any atom is -0.462 e. The Balaban J connectivity index is 5.17. The van der Waals surface area contributed by atoms with Crippen molar-refractivity contribution in [3.8, 4) is 0 Å². The van der Waals surface area contributed by atoms with Gasteiger partial charge in [-0.25, -0.2) is 9.13 Å². The van der Waals surface area contributed by atoms with Crippen LogP contribution in [-0.2, 0) is 65.4 Å². The van der Waals surface area contributed by atoms with Crippen LogP contribution in [0.1, 0.15) is 324 Å². The van der Waals surface area contributed by atoms with Crippen LogP contribution < -0.4 is 0 Å². The molecule has 17 nitrogen and oxygen atoms in total. The van der Waals surface area contributed by atoms with E-state index in [1.807, 2.05) is 0 Å². The molecule has 0 aromatic carbocycles. The molecule has 0 amide bonds. The standard InChI is InChI=1S/C64H124O17P2/c1-6-9-12-15-17-19-21-22-23-24-26-30-35-40-45-50-64(69)81-60(54-75-62(67)48-43-38-33-31-27-28-32-37-41-46-57(4)5)56-79-83(72,73)77-52-58(65)51-76-82(70,71)78-55-59(53-74-61(66)47-42-36-14-11-8-3)80-63(68)49-44-39-34-29-25-20-18-16-13-10-7-2/h57-60,65H,6-56H2,1-5H3,(H,70,71)(H,72,73)/t58-,59+,60+/m0/s1. The highest BCUT2D eigenvalue weighted by Gasteiger charge is 2.30. The Morgan fingerprint density at radius 1 is 0.325 bits per heavy atom. The van der Waals surface area contributed by atoms with E-state index in [0.717, 1.165) is 102 Å². The molecular weight excluding hydrogens is 1100 g/mol. The second-order valence-corrected chi connectivity index (χ2v) is 26.5. The third-order valence-corrected chi connectivity index (χ3v) is 16.7. The van der Waals surface area contributed by atoms with Gasteiger partial charge >= 0.3 is 39.5 Å². The molecule has 0 fully saturated rings. The van der Waals surface area contributed by atoms with Crippen molar-refractivity contribution in [3.05, 3.63) is 0 Å². The van der Waals surface area contributed by atoms with Gasteiger partial charge in [0.2, 0.25) is 0 Å². The highest BCUT2D eigenvalue weighted by Crippen LogP contribution is 2.45. The highest BCUT2D eigenvalue weighted by molar-refractivity contribution is 7.47. The summed E-state index contributed by atoms with van der Waals surface area (Å²) >= 11 is 0. The molecule has 19 heteroatoms. The van der Waals surface area contributed by atoms with Crippen LogP contribution in [0, 0.1) is 5.92 Å². The van der Waals surface area contributed by atoms with Gasteiger partial charge in [-0.3, -0.25) is 37.3 Å². The maximum atomic E-state index is 13.0. The van der Waals surface area contributed by atoms with Crippen LogP contribution in [0.5, 0.6) is 0 Å². The molecule has 0 heterocycles. The molecule has 0 bridgehead atoms. The van der Waals surface area contributed by atoms with Gasteiger partial charge in [0.25, 0.3) is 0 Å². The van der Waals surface area contributed by atoms with Gasteiger partial charge in [-0.1, -0.05) is 272 Å². The summed E-state index contributed by atoms with van der Waals surface area (Å²) in [6.45, 7) is 7.09. The lowest BCUT2D eigenvalue weighted by Crippen LogP contribution is -2.30. The van der Waals surface area contributed by atoms with Gasteiger partial charge in [0.15, 0.2) is 12.2 Å². The van der Waals surface area contributed by atoms with Gasteiger partial charge in [-0.05, 0) is 31.6 Å². The van der Waals surface area contributed by atoms with Crippen molar-refractivity contribution in [1.82, 2.24) is 0 Å². The van der Waals surface area contributed by atoms with Crippen molar-refractivity contribution in [2.75, 3.05) is 39.6 Å². The summed E-state index contributed by atoms with van der Waals surface area (Å²) in [4.78, 5) is 72.0. The predicted octanol–water partition coefficient (Wildman–Crippen LogP) is 17.8. The maximum Gasteiger partial charge on any atom is 0.472 e. The van der Waals surface area contributed by atoms with E-state index < -0.39 is 97.5 Å². The Hall–Kier alpha value is -1.94. The number of aliphatic hydroxyl groups excluding tert-OH is 1. The number of carbonyl (C=O) groups excluding carboxylic acids is 4. The quantitative estimate of drug-likeness (QED) is 0.0222. The first kappa shape index (κ1) is 81.1. The van der Waals surface area contributed by atoms with Crippen LogP contribution in [-0.4, -0.2) is 96.7 Å². The van der Waals surface area contributed by atoms with Gasteiger partial charge in [0.05, 0.1) is 26.4 Å². The molecule has 0 saturated heterocycles. The van der Waals surface area contributed by atoms with Gasteiger partial charge < -0.3 is 33.8 Å². The van der Waals surface area contributed by atoms with Crippen molar-refractivity contribution in [1.29, 1.82) is 0 Å². The van der Waals surface area contributed by atoms with E-state index in [2.05, 4.69) is 34.6 Å². The summed E-state index contributed by atoms with van der Waals surface area (Å²) in [6.07, 6.45) is 42.0. The average Bonchev–Trinajstić information content (AvgIpc) is 3.47. The first-order chi connectivity index (χ1) is 40.0. The minimum atomic E-state index is -4.94. The summed E-state index contributed by atoms with van der Waals surface area (Å²) in [7, 11) is -9.88. The second kappa shape index (κ2) is 57.8. The Labute approximate surface area is 505 Å². The van der Waals surface area contributed by atoms with Crippen molar-refractivity contribution in [3.63, 3.8) is 0 Å². The topological polar surface area (TPSA) is 237 Å². The molecule has 83 heavy (non-hydrogen) atoms. The zero-order chi connectivity index (χ0) is 61.3. The summed E-state index contributed by atoms with van der Waals surface area (Å²) in [5.41, 5.74) is 0. The predicted molar refractivity (Wildman–Crippen MR) is 331 cm³/mol. The largest absolute Gasteiger partial charge is 0.472 e. The summed E-state index contributed by atoms with van der Waals surface area (Å²) in [5.74, 6) is -1.40. The molecule has 0 spiro atoms. The van der Waals surface area contributed by atoms with Gasteiger partial charge in [0, 0.05) is 25.7 Å². The van der Waals surface area contributed by atoms with Crippen LogP contribution in [0.15, 0.2) is 0 Å². The van der Waals surface area contributed by atoms with E-state index in [4.69, 9.17) is 37.0 Å². The number of rotatable bonds is 64. The smallest absolute Gasteiger partial charge is 0.462 e. The third kappa shape index (κ3) is 58.8. The molecule has 0 aromatic rings. The first-order valence-electron chi connectivity index (χ1n) is 33.6. The number of carbonyl (C=O) groups is 4. The molecule has 0 aliphatic rings. The molecule has 0 aromatic heterocycles. The fourth-order valence-electron chi connectivity index (χ4n) is 9.58. The molecule has 2 unspecified atom stereocenters. The van der Waals surface area contributed by atoms with Crippen LogP contribution in [0.25, 0.3) is 0 Å². The monoisotopic (exact) mass is 1230 g/mol. The highest BCUT2D eigenvalue weighted by atomic mass is 31.2. The van der Waals surface area contributed by atoms with Crippen LogP contribution in [0.2, 0.25) is 0 Å². The fraction of sp³-hybridized carbons (Fsp3) is 0.938. The van der Waals surface area contributed by atoms with Crippen molar-refractivity contribution in [2.45, 2.75) is 342 Å². The zero-order valence-electron chi connectivity index (χ0n) is 53.3. The lowest BCUT2D eigenvalue weighted by atomic mass is 10.0. The van der Waals surface area contributed by atoms with E-state index in [1.54, 1.807) is 0 Å². The lowest BCUT2D eigenvalue weighted by molar-refractivity contribution is -0.161. The van der Waals surface area contributed by atoms with Crippen molar-refractivity contribution < 1.29 is 80.2 Å². The van der Waals surface area contributed by atoms with Crippen molar-refractivity contribution >= 4 is 39.5 Å². The normalized spacial score (nSPS) is 14.2. The SMILES string of the molecule is CCCCCCCCCCCCCCCCCC(=O)O[C@H](COC(=O)CCCCCCCCCCCC(C)C)COP(=O)(O)OC[C@@H](O)COP(=O)(O)OC[C@@H](COC(=O)CCCCCCC)OC(=O)CCCCCCCCCCCCC. The Morgan fingerprint density at radius 3 is 0.819 bits per heavy atom. The Kier molecular flexibility index (Phi) is 56.4. The number of ether oxygens (including phenoxy) is 4. The molecule has 0 radical (unpaired) electrons. The fourth-order valence-corrected chi connectivity index (χ4v) is 11.2. The van der Waals surface area contributed by atoms with Crippen molar-refractivity contribution in [2.24, 2.45) is 5.92 Å². The Morgan fingerprint density at radius 2 is 0.554 bits per heavy atom. The van der Waals surface area contributed by atoms with Gasteiger partial charge in [-0.15, -0.1) is 0 Å². The van der Waals surface area contributed by atoms with E-state index in [0.29, 0.717) is 25.7 Å². The second-order valence-electron chi connectivity index (χ2n) is 23.6. The molecule has 0 saturated carbocycles. The minimum absolute atomic E-state index is 0.106. The number of esters is 4. The van der Waals surface area contributed by atoms with Crippen LogP contribution >= 0.6 is 15.6 Å². The number of phosphoric acid groups is 2.